The fourth-order valence-corrected chi connectivity index (χ4v) is 4.55. The van der Waals surface area contributed by atoms with Gasteiger partial charge < -0.3 is 19.9 Å². The number of esters is 1. The van der Waals surface area contributed by atoms with Crippen LogP contribution in [0.1, 0.15) is 54.6 Å². The monoisotopic (exact) mass is 573 g/mol. The molecule has 1 aromatic heterocycles. The number of nitrogens with zero attached hydrogens (tertiary/aromatic N) is 1. The molecule has 2 N–H and O–H groups in total. The van der Waals surface area contributed by atoms with Crippen LogP contribution in [-0.2, 0) is 32.0 Å². The molecule has 0 bridgehead atoms. The van der Waals surface area contributed by atoms with Crippen molar-refractivity contribution in [3.05, 3.63) is 101 Å². The van der Waals surface area contributed by atoms with Crippen LogP contribution >= 0.6 is 0 Å². The molecule has 9 nitrogen and oxygen atoms in total. The van der Waals surface area contributed by atoms with Crippen molar-refractivity contribution in [2.24, 2.45) is 11.8 Å². The van der Waals surface area contributed by atoms with Gasteiger partial charge >= 0.3 is 5.97 Å². The SMILES string of the molecule is CCOC(=O)/C=C/[C@H](Cc1ccccc1)NC(=O)[C@@H](CC(=O)[C@@H](NC(=O)c1cc(C)on1)C(C)C)Cc1ccccc1. The van der Waals surface area contributed by atoms with E-state index in [1.807, 2.05) is 74.5 Å². The Labute approximate surface area is 246 Å². The third kappa shape index (κ3) is 10.1. The first-order chi connectivity index (χ1) is 20.2. The van der Waals surface area contributed by atoms with Gasteiger partial charge in [-0.1, -0.05) is 85.7 Å². The van der Waals surface area contributed by atoms with E-state index in [0.717, 1.165) is 11.1 Å². The number of nitrogens with one attached hydrogen (secondary N) is 2. The maximum absolute atomic E-state index is 13.8. The molecule has 0 radical (unpaired) electrons. The molecule has 0 saturated heterocycles. The normalized spacial score (nSPS) is 13.4. The summed E-state index contributed by atoms with van der Waals surface area (Å²) in [5, 5.41) is 9.54. The number of rotatable bonds is 15. The molecule has 0 aliphatic carbocycles. The zero-order valence-corrected chi connectivity index (χ0v) is 24.5. The van der Waals surface area contributed by atoms with Gasteiger partial charge in [-0.25, -0.2) is 4.79 Å². The number of ether oxygens (including phenoxy) is 1. The molecule has 3 aromatic rings. The number of aryl methyl sites for hydroxylation is 1. The Morgan fingerprint density at radius 1 is 0.929 bits per heavy atom. The highest BCUT2D eigenvalue weighted by atomic mass is 16.5. The van der Waals surface area contributed by atoms with E-state index in [9.17, 15) is 19.2 Å². The molecular weight excluding hydrogens is 534 g/mol. The zero-order chi connectivity index (χ0) is 30.5. The van der Waals surface area contributed by atoms with Gasteiger partial charge in [-0.05, 0) is 43.7 Å². The van der Waals surface area contributed by atoms with Gasteiger partial charge in [0.1, 0.15) is 5.76 Å². The summed E-state index contributed by atoms with van der Waals surface area (Å²) >= 11 is 0. The summed E-state index contributed by atoms with van der Waals surface area (Å²) < 4.78 is 10.0. The summed E-state index contributed by atoms with van der Waals surface area (Å²) in [6, 6.07) is 19.2. The first-order valence-corrected chi connectivity index (χ1v) is 14.2. The Morgan fingerprint density at radius 3 is 2.10 bits per heavy atom. The maximum atomic E-state index is 13.8. The Morgan fingerprint density at radius 2 is 1.55 bits per heavy atom. The fourth-order valence-electron chi connectivity index (χ4n) is 4.55. The second-order valence-electron chi connectivity index (χ2n) is 10.5. The molecule has 0 spiro atoms. The van der Waals surface area contributed by atoms with Crippen LogP contribution in [-0.4, -0.2) is 47.4 Å². The van der Waals surface area contributed by atoms with E-state index in [4.69, 9.17) is 9.26 Å². The van der Waals surface area contributed by atoms with Gasteiger partial charge in [-0.2, -0.15) is 0 Å². The highest BCUT2D eigenvalue weighted by Gasteiger charge is 2.31. The predicted octanol–water partition coefficient (Wildman–Crippen LogP) is 4.40. The van der Waals surface area contributed by atoms with Crippen molar-refractivity contribution in [2.75, 3.05) is 6.61 Å². The van der Waals surface area contributed by atoms with Crippen LogP contribution in [0, 0.1) is 18.8 Å². The number of aromatic nitrogens is 1. The number of amides is 2. The second-order valence-corrected chi connectivity index (χ2v) is 10.5. The van der Waals surface area contributed by atoms with E-state index < -0.39 is 29.9 Å². The topological polar surface area (TPSA) is 128 Å². The molecule has 9 heteroatoms. The Balaban J connectivity index is 1.82. The van der Waals surface area contributed by atoms with Crippen LogP contribution in [0.15, 0.2) is 83.4 Å². The van der Waals surface area contributed by atoms with Crippen LogP contribution in [0.3, 0.4) is 0 Å². The Hall–Kier alpha value is -4.53. The highest BCUT2D eigenvalue weighted by Crippen LogP contribution is 2.18. The van der Waals surface area contributed by atoms with E-state index >= 15 is 0 Å². The quantitative estimate of drug-likeness (QED) is 0.204. The molecule has 0 aliphatic heterocycles. The molecule has 1 heterocycles. The standard InChI is InChI=1S/C33H39N3O6/c1-5-41-30(38)17-16-27(20-25-14-10-7-11-15-25)34-32(39)26(19-24-12-8-6-9-13-24)21-29(37)31(22(2)3)35-33(40)28-18-23(4)42-36-28/h6-18,22,26-27,31H,5,19-21H2,1-4H3,(H,34,39)(H,35,40)/b17-16+/t26-,27-,31+/m1/s1. The van der Waals surface area contributed by atoms with Gasteiger partial charge in [0.05, 0.1) is 18.7 Å². The molecule has 2 amide bonds. The van der Waals surface area contributed by atoms with Crippen molar-refractivity contribution in [3.8, 4) is 0 Å². The van der Waals surface area contributed by atoms with E-state index in [-0.39, 0.29) is 36.3 Å². The minimum Gasteiger partial charge on any atom is -0.463 e. The smallest absolute Gasteiger partial charge is 0.330 e. The first-order valence-electron chi connectivity index (χ1n) is 14.2. The van der Waals surface area contributed by atoms with Gasteiger partial charge in [0, 0.05) is 24.5 Å². The lowest BCUT2D eigenvalue weighted by atomic mass is 9.88. The van der Waals surface area contributed by atoms with Crippen molar-refractivity contribution in [2.45, 2.75) is 59.0 Å². The third-order valence-electron chi connectivity index (χ3n) is 6.68. The van der Waals surface area contributed by atoms with Crippen molar-refractivity contribution in [3.63, 3.8) is 0 Å². The van der Waals surface area contributed by atoms with Crippen LogP contribution in [0.25, 0.3) is 0 Å². The van der Waals surface area contributed by atoms with Gasteiger partial charge in [0.2, 0.25) is 5.91 Å². The molecule has 3 atom stereocenters. The van der Waals surface area contributed by atoms with Crippen molar-refractivity contribution >= 4 is 23.6 Å². The summed E-state index contributed by atoms with van der Waals surface area (Å²) in [5.41, 5.74) is 1.95. The van der Waals surface area contributed by atoms with Gasteiger partial charge in [-0.3, -0.25) is 14.4 Å². The number of Topliss-reactive ketones (excluding diaryl/α,β-unsaturated/α-hetero) is 1. The minimum atomic E-state index is -0.829. The molecule has 2 aromatic carbocycles. The molecule has 0 unspecified atom stereocenters. The summed E-state index contributed by atoms with van der Waals surface area (Å²) in [6.45, 7) is 7.30. The Kier molecular flexibility index (Phi) is 12.2. The van der Waals surface area contributed by atoms with Gasteiger partial charge in [0.25, 0.3) is 5.91 Å². The molecule has 0 aliphatic rings. The molecule has 0 saturated carbocycles. The van der Waals surface area contributed by atoms with Gasteiger partial charge in [0.15, 0.2) is 11.5 Å². The lowest BCUT2D eigenvalue weighted by Gasteiger charge is -2.25. The summed E-state index contributed by atoms with van der Waals surface area (Å²) in [4.78, 5) is 52.2. The number of carbonyl (C=O) groups excluding carboxylic acids is 4. The summed E-state index contributed by atoms with van der Waals surface area (Å²) in [7, 11) is 0. The van der Waals surface area contributed by atoms with E-state index in [0.29, 0.717) is 18.6 Å². The number of carbonyl (C=O) groups is 4. The van der Waals surface area contributed by atoms with Crippen molar-refractivity contribution in [1.82, 2.24) is 15.8 Å². The van der Waals surface area contributed by atoms with E-state index in [1.54, 1.807) is 19.9 Å². The van der Waals surface area contributed by atoms with E-state index in [2.05, 4.69) is 15.8 Å². The largest absolute Gasteiger partial charge is 0.463 e. The van der Waals surface area contributed by atoms with E-state index in [1.165, 1.54) is 12.1 Å². The fraction of sp³-hybridized carbons (Fsp3) is 0.364. The number of hydrogen-bond acceptors (Lipinski definition) is 7. The molecule has 222 valence electrons. The average Bonchev–Trinajstić information content (AvgIpc) is 3.41. The number of ketones is 1. The third-order valence-corrected chi connectivity index (χ3v) is 6.68. The van der Waals surface area contributed by atoms with Crippen LogP contribution < -0.4 is 10.6 Å². The van der Waals surface area contributed by atoms with Crippen LogP contribution in [0.4, 0.5) is 0 Å². The number of benzene rings is 2. The summed E-state index contributed by atoms with van der Waals surface area (Å²) in [5.74, 6) is -2.09. The highest BCUT2D eigenvalue weighted by molar-refractivity contribution is 5.97. The number of hydrogen-bond donors (Lipinski definition) is 2. The minimum absolute atomic E-state index is 0.0849. The predicted molar refractivity (Wildman–Crippen MR) is 158 cm³/mol. The molecule has 42 heavy (non-hydrogen) atoms. The van der Waals surface area contributed by atoms with Crippen molar-refractivity contribution in [1.29, 1.82) is 0 Å². The lowest BCUT2D eigenvalue weighted by Crippen LogP contribution is -2.47. The molecule has 0 fully saturated rings. The zero-order valence-electron chi connectivity index (χ0n) is 24.5. The van der Waals surface area contributed by atoms with Crippen LogP contribution in [0.2, 0.25) is 0 Å². The molecule has 3 rings (SSSR count). The second kappa shape index (κ2) is 16.0. The molecular formula is C33H39N3O6. The van der Waals surface area contributed by atoms with Crippen molar-refractivity contribution < 1.29 is 28.4 Å². The average molecular weight is 574 g/mol. The maximum Gasteiger partial charge on any atom is 0.330 e. The first kappa shape index (κ1) is 32.0. The van der Waals surface area contributed by atoms with Crippen LogP contribution in [0.5, 0.6) is 0 Å². The summed E-state index contributed by atoms with van der Waals surface area (Å²) in [6.07, 6.45) is 3.59. The lowest BCUT2D eigenvalue weighted by molar-refractivity contribution is -0.137. The van der Waals surface area contributed by atoms with Gasteiger partial charge in [-0.15, -0.1) is 0 Å². The Bertz CT molecular complexity index is 1350.